The van der Waals surface area contributed by atoms with Crippen LogP contribution < -0.4 is 24.8 Å². The minimum Gasteiger partial charge on any atom is -1.00 e. The van der Waals surface area contributed by atoms with E-state index in [1.165, 1.54) is 0 Å². The van der Waals surface area contributed by atoms with Gasteiger partial charge in [0, 0.05) is 0 Å². The second kappa shape index (κ2) is 15.9. The fourth-order valence-corrected chi connectivity index (χ4v) is 0.321. The number of hydrogen-bond acceptors (Lipinski definition) is 0. The zero-order valence-electron chi connectivity index (χ0n) is 5.14. The Morgan fingerprint density at radius 1 is 0.889 bits per heavy atom. The van der Waals surface area contributed by atoms with Gasteiger partial charge in [-0.2, -0.15) is 18.2 Å². The maximum Gasteiger partial charge on any atom is 4.00 e. The van der Waals surface area contributed by atoms with E-state index < -0.39 is 0 Å². The Kier molecular flexibility index (Phi) is 39.9. The van der Waals surface area contributed by atoms with Crippen molar-refractivity contribution in [3.05, 3.63) is 37.8 Å². The smallest absolute Gasteiger partial charge is 1.00 e. The molecule has 1 rings (SSSR count). The van der Waals surface area contributed by atoms with Gasteiger partial charge in [0.05, 0.1) is 0 Å². The second-order valence-electron chi connectivity index (χ2n) is 0.962. The monoisotopic (exact) mass is 240 g/mol. The van der Waals surface area contributed by atoms with Crippen LogP contribution in [0.2, 0.25) is 0 Å². The molecule has 0 amide bonds. The first-order valence-electron chi connectivity index (χ1n) is 1.67. The van der Waals surface area contributed by atoms with Crippen molar-refractivity contribution in [2.45, 2.75) is 0 Å². The Hall–Kier alpha value is 0.813. The Morgan fingerprint density at radius 3 is 1.33 bits per heavy atom. The van der Waals surface area contributed by atoms with Gasteiger partial charge in [0.15, 0.2) is 0 Å². The number of halogens is 2. The van der Waals surface area contributed by atoms with Gasteiger partial charge >= 0.3 is 26.2 Å². The molecule has 1 aromatic carbocycles. The van der Waals surface area contributed by atoms with Crippen LogP contribution in [-0.4, -0.2) is 0 Å². The first-order chi connectivity index (χ1) is 2.50. The summed E-state index contributed by atoms with van der Waals surface area (Å²) in [5, 5.41) is 0. The van der Waals surface area contributed by atoms with Gasteiger partial charge in [-0.25, -0.2) is 12.1 Å². The van der Waals surface area contributed by atoms with E-state index in [0.717, 1.165) is 0 Å². The molecule has 0 fully saturated rings. The van der Waals surface area contributed by atoms with Crippen LogP contribution in [0.15, 0.2) is 30.3 Å². The van der Waals surface area contributed by atoms with E-state index in [1.807, 2.05) is 30.3 Å². The van der Waals surface area contributed by atoms with E-state index in [4.69, 9.17) is 0 Å². The molecule has 0 unspecified atom stereocenters. The summed E-state index contributed by atoms with van der Waals surface area (Å²) in [6.07, 6.45) is 0. The SMILES string of the molecule is [CH3-].[Cl-].[Cl-].[Zr+4].c1cc[cH-]c1. The fraction of sp³-hybridized carbons (Fsp3) is 0. The van der Waals surface area contributed by atoms with Crippen molar-refractivity contribution in [2.24, 2.45) is 0 Å². The predicted molar refractivity (Wildman–Crippen MR) is 28.4 cm³/mol. The van der Waals surface area contributed by atoms with Crippen LogP contribution in [0.25, 0.3) is 0 Å². The van der Waals surface area contributed by atoms with Crippen molar-refractivity contribution in [1.82, 2.24) is 0 Å². The molecule has 3 heteroatoms. The summed E-state index contributed by atoms with van der Waals surface area (Å²) in [7, 11) is 0. The molecule has 0 saturated carbocycles. The molecule has 0 spiro atoms. The van der Waals surface area contributed by atoms with Gasteiger partial charge in [-0.1, -0.05) is 0 Å². The summed E-state index contributed by atoms with van der Waals surface area (Å²) in [6, 6.07) is 10.0. The van der Waals surface area contributed by atoms with Crippen molar-refractivity contribution in [3.8, 4) is 0 Å². The van der Waals surface area contributed by atoms with Crippen LogP contribution in [0.5, 0.6) is 0 Å². The summed E-state index contributed by atoms with van der Waals surface area (Å²) in [5.74, 6) is 0. The van der Waals surface area contributed by atoms with Crippen molar-refractivity contribution in [3.63, 3.8) is 0 Å². The average molecular weight is 242 g/mol. The van der Waals surface area contributed by atoms with E-state index in [1.54, 1.807) is 0 Å². The van der Waals surface area contributed by atoms with Gasteiger partial charge in [-0.05, 0) is 0 Å². The van der Waals surface area contributed by atoms with Crippen LogP contribution in [0.1, 0.15) is 0 Å². The molecule has 0 saturated heterocycles. The van der Waals surface area contributed by atoms with Gasteiger partial charge in [0.2, 0.25) is 0 Å². The summed E-state index contributed by atoms with van der Waals surface area (Å²) in [5.41, 5.74) is 0. The number of hydrogen-bond donors (Lipinski definition) is 0. The minimum atomic E-state index is 0. The first kappa shape index (κ1) is 22.6. The summed E-state index contributed by atoms with van der Waals surface area (Å²) >= 11 is 0. The molecule has 0 bridgehead atoms. The van der Waals surface area contributed by atoms with E-state index >= 15 is 0 Å². The minimum absolute atomic E-state index is 0. The van der Waals surface area contributed by atoms with Crippen molar-refractivity contribution in [1.29, 1.82) is 0 Å². The quantitative estimate of drug-likeness (QED) is 0.405. The van der Waals surface area contributed by atoms with Crippen LogP contribution >= 0.6 is 0 Å². The molecule has 0 radical (unpaired) electrons. The standard InChI is InChI=1S/C5H5.CH3.2ClH.Zr/c1-2-4-5-3-1;;;;/h1-5H;1H3;2*1H;/q2*-1;;;+4/p-2. The maximum absolute atomic E-state index is 2.00. The number of rotatable bonds is 0. The second-order valence-corrected chi connectivity index (χ2v) is 0.962. The third kappa shape index (κ3) is 12.1. The third-order valence-electron chi connectivity index (χ3n) is 0.556. The maximum atomic E-state index is 2.00. The normalized spacial score (nSPS) is 4.44. The van der Waals surface area contributed by atoms with Crippen molar-refractivity contribution >= 4 is 0 Å². The largest absolute Gasteiger partial charge is 4.00 e. The zero-order valence-corrected chi connectivity index (χ0v) is 9.11. The molecule has 0 heterocycles. The zero-order chi connectivity index (χ0) is 3.54. The molecular formula is C6H8Cl2Zr. The van der Waals surface area contributed by atoms with Crippen LogP contribution in [0.3, 0.4) is 0 Å². The molecule has 0 atom stereocenters. The Bertz CT molecular complexity index is 67.5. The molecule has 0 nitrogen and oxygen atoms in total. The Labute approximate surface area is 88.3 Å². The van der Waals surface area contributed by atoms with Crippen LogP contribution in [0, 0.1) is 7.43 Å². The van der Waals surface area contributed by atoms with Gasteiger partial charge in [0.1, 0.15) is 0 Å². The topological polar surface area (TPSA) is 0 Å². The van der Waals surface area contributed by atoms with E-state index in [2.05, 4.69) is 0 Å². The van der Waals surface area contributed by atoms with Crippen molar-refractivity contribution < 1.29 is 51.0 Å². The van der Waals surface area contributed by atoms with Crippen molar-refractivity contribution in [2.75, 3.05) is 0 Å². The molecule has 0 aliphatic carbocycles. The molecule has 0 N–H and O–H groups in total. The molecule has 0 aromatic heterocycles. The van der Waals surface area contributed by atoms with Gasteiger partial charge in [-0.15, -0.1) is 0 Å². The fourth-order valence-electron chi connectivity index (χ4n) is 0.321. The van der Waals surface area contributed by atoms with Gasteiger partial charge < -0.3 is 32.2 Å². The van der Waals surface area contributed by atoms with E-state index in [-0.39, 0.29) is 58.4 Å². The predicted octanol–water partition coefficient (Wildman–Crippen LogP) is -4.14. The van der Waals surface area contributed by atoms with Crippen LogP contribution in [0.4, 0.5) is 0 Å². The molecular weight excluding hydrogens is 234 g/mol. The van der Waals surface area contributed by atoms with Gasteiger partial charge in [-0.3, -0.25) is 0 Å². The van der Waals surface area contributed by atoms with E-state index in [0.29, 0.717) is 0 Å². The Balaban J connectivity index is -0.0000000312. The Morgan fingerprint density at radius 2 is 1.22 bits per heavy atom. The van der Waals surface area contributed by atoms with E-state index in [9.17, 15) is 0 Å². The summed E-state index contributed by atoms with van der Waals surface area (Å²) in [6.45, 7) is 0. The molecule has 1 aromatic rings. The summed E-state index contributed by atoms with van der Waals surface area (Å²) in [4.78, 5) is 0. The molecule has 50 valence electrons. The van der Waals surface area contributed by atoms with Crippen LogP contribution in [-0.2, 0) is 26.2 Å². The molecule has 0 aliphatic rings. The van der Waals surface area contributed by atoms with Gasteiger partial charge in [0.25, 0.3) is 0 Å². The molecule has 9 heavy (non-hydrogen) atoms. The summed E-state index contributed by atoms with van der Waals surface area (Å²) < 4.78 is 0. The molecule has 0 aliphatic heterocycles. The first-order valence-corrected chi connectivity index (χ1v) is 1.67. The average Bonchev–Trinajstić information content (AvgIpc) is 1.76. The third-order valence-corrected chi connectivity index (χ3v) is 0.556.